The van der Waals surface area contributed by atoms with Gasteiger partial charge in [-0.2, -0.15) is 0 Å². The zero-order chi connectivity index (χ0) is 19.3. The molecular weight excluding hydrogens is 350 g/mol. The average molecular weight is 384 g/mol. The van der Waals surface area contributed by atoms with E-state index in [0.717, 1.165) is 38.6 Å². The van der Waals surface area contributed by atoms with Gasteiger partial charge in [-0.05, 0) is 56.8 Å². The molecule has 3 heterocycles. The van der Waals surface area contributed by atoms with Gasteiger partial charge in [0.25, 0.3) is 0 Å². The number of fused-ring (bicyclic) bond motifs is 2. The summed E-state index contributed by atoms with van der Waals surface area (Å²) >= 11 is 0. The number of nitrogens with zero attached hydrogens (tertiary/aromatic N) is 2. The van der Waals surface area contributed by atoms with Crippen LogP contribution < -0.4 is 10.6 Å². The van der Waals surface area contributed by atoms with Crippen LogP contribution in [0.25, 0.3) is 10.9 Å². The van der Waals surface area contributed by atoms with Gasteiger partial charge in [0.1, 0.15) is 0 Å². The molecule has 4 rings (SSSR count). The molecule has 2 saturated heterocycles. The zero-order valence-electron chi connectivity index (χ0n) is 17.1. The molecule has 1 aromatic heterocycles. The van der Waals surface area contributed by atoms with Crippen molar-refractivity contribution in [2.75, 3.05) is 39.3 Å². The molecule has 2 atom stereocenters. The number of hydrogen-bond acceptors (Lipinski definition) is 3. The van der Waals surface area contributed by atoms with E-state index in [2.05, 4.69) is 58.8 Å². The maximum Gasteiger partial charge on any atom is 0.191 e. The summed E-state index contributed by atoms with van der Waals surface area (Å²) in [7, 11) is 0. The molecule has 2 aliphatic rings. The lowest BCUT2D eigenvalue weighted by Gasteiger charge is -2.34. The Kier molecular flexibility index (Phi) is 6.17. The molecule has 6 nitrogen and oxygen atoms in total. The van der Waals surface area contributed by atoms with Crippen LogP contribution in [-0.2, 0) is 11.2 Å². The zero-order valence-corrected chi connectivity index (χ0v) is 17.1. The predicted octanol–water partition coefficient (Wildman–Crippen LogP) is 2.44. The minimum atomic E-state index is 0.210. The molecule has 0 saturated carbocycles. The highest BCUT2D eigenvalue weighted by atomic mass is 16.5. The second kappa shape index (κ2) is 8.97. The maximum atomic E-state index is 6.03. The first-order chi connectivity index (χ1) is 13.7. The van der Waals surface area contributed by atoms with Gasteiger partial charge in [0.2, 0.25) is 0 Å². The highest BCUT2D eigenvalue weighted by Gasteiger charge is 2.31. The average Bonchev–Trinajstić information content (AvgIpc) is 3.32. The van der Waals surface area contributed by atoms with Gasteiger partial charge in [0, 0.05) is 42.8 Å². The standard InChI is InChI=1S/C22H33N5O/c1-3-23-22(26-13-19-14-27-10-4-5-18(27)15-28-19)24-9-8-17-12-25-21-11-16(2)6-7-20(17)21/h6-7,11-12,18-19,25H,3-5,8-10,13-15H2,1-2H3,(H2,23,24,26). The van der Waals surface area contributed by atoms with Crippen molar-refractivity contribution in [1.29, 1.82) is 0 Å². The molecule has 3 N–H and O–H groups in total. The SMILES string of the molecule is CCNC(=NCC1CN2CCCC2CO1)NCCc1c[nH]c2cc(C)ccc12. The lowest BCUT2D eigenvalue weighted by atomic mass is 10.1. The van der Waals surface area contributed by atoms with E-state index in [1.807, 2.05) is 0 Å². The summed E-state index contributed by atoms with van der Waals surface area (Å²) in [6, 6.07) is 7.23. The molecule has 0 bridgehead atoms. The number of aliphatic imine (C=N–C) groups is 1. The van der Waals surface area contributed by atoms with Crippen molar-refractivity contribution in [2.24, 2.45) is 4.99 Å². The Balaban J connectivity index is 1.29. The van der Waals surface area contributed by atoms with E-state index in [1.54, 1.807) is 0 Å². The van der Waals surface area contributed by atoms with Crippen LogP contribution in [-0.4, -0.2) is 67.3 Å². The Hall–Kier alpha value is -2.05. The second-order valence-corrected chi connectivity index (χ2v) is 8.01. The monoisotopic (exact) mass is 383 g/mol. The second-order valence-electron chi connectivity index (χ2n) is 8.01. The van der Waals surface area contributed by atoms with Crippen LogP contribution in [0, 0.1) is 6.92 Å². The molecule has 2 unspecified atom stereocenters. The van der Waals surface area contributed by atoms with Crippen LogP contribution in [0.15, 0.2) is 29.4 Å². The minimum Gasteiger partial charge on any atom is -0.373 e. The summed E-state index contributed by atoms with van der Waals surface area (Å²) in [5.74, 6) is 0.880. The topological polar surface area (TPSA) is 64.7 Å². The third-order valence-electron chi connectivity index (χ3n) is 5.87. The number of nitrogens with one attached hydrogen (secondary N) is 3. The van der Waals surface area contributed by atoms with Crippen LogP contribution in [0.4, 0.5) is 0 Å². The van der Waals surface area contributed by atoms with E-state index in [-0.39, 0.29) is 6.10 Å². The summed E-state index contributed by atoms with van der Waals surface area (Å²) in [4.78, 5) is 10.7. The highest BCUT2D eigenvalue weighted by Crippen LogP contribution is 2.22. The molecule has 6 heteroatoms. The van der Waals surface area contributed by atoms with E-state index >= 15 is 0 Å². The predicted molar refractivity (Wildman–Crippen MR) is 115 cm³/mol. The summed E-state index contributed by atoms with van der Waals surface area (Å²) in [6.45, 7) is 9.75. The van der Waals surface area contributed by atoms with Crippen LogP contribution in [0.1, 0.15) is 30.9 Å². The largest absolute Gasteiger partial charge is 0.373 e. The normalized spacial score (nSPS) is 23.1. The summed E-state index contributed by atoms with van der Waals surface area (Å²) < 4.78 is 6.03. The molecule has 2 fully saturated rings. The summed E-state index contributed by atoms with van der Waals surface area (Å²) in [5.41, 5.74) is 3.84. The van der Waals surface area contributed by atoms with Crippen LogP contribution in [0.2, 0.25) is 0 Å². The molecule has 0 aliphatic carbocycles. The Morgan fingerprint density at radius 1 is 1.36 bits per heavy atom. The van der Waals surface area contributed by atoms with E-state index in [9.17, 15) is 0 Å². The van der Waals surface area contributed by atoms with Crippen molar-refractivity contribution in [3.63, 3.8) is 0 Å². The third-order valence-corrected chi connectivity index (χ3v) is 5.87. The number of ether oxygens (including phenoxy) is 1. The van der Waals surface area contributed by atoms with Crippen molar-refractivity contribution >= 4 is 16.9 Å². The van der Waals surface area contributed by atoms with Crippen molar-refractivity contribution in [3.05, 3.63) is 35.5 Å². The molecule has 28 heavy (non-hydrogen) atoms. The fourth-order valence-electron chi connectivity index (χ4n) is 4.35. The molecule has 152 valence electrons. The molecule has 0 spiro atoms. The van der Waals surface area contributed by atoms with Gasteiger partial charge in [-0.15, -0.1) is 0 Å². The number of morpholine rings is 1. The fraction of sp³-hybridized carbons (Fsp3) is 0.591. The van der Waals surface area contributed by atoms with E-state index < -0.39 is 0 Å². The van der Waals surface area contributed by atoms with Crippen molar-refractivity contribution < 1.29 is 4.74 Å². The van der Waals surface area contributed by atoms with Gasteiger partial charge in [-0.1, -0.05) is 12.1 Å². The Bertz CT molecular complexity index is 814. The third kappa shape index (κ3) is 4.50. The Morgan fingerprint density at radius 3 is 3.18 bits per heavy atom. The first kappa shape index (κ1) is 19.3. The number of H-pyrrole nitrogens is 1. The molecule has 2 aliphatic heterocycles. The van der Waals surface area contributed by atoms with Crippen molar-refractivity contribution in [2.45, 2.75) is 45.3 Å². The summed E-state index contributed by atoms with van der Waals surface area (Å²) in [5, 5.41) is 8.14. The van der Waals surface area contributed by atoms with Crippen molar-refractivity contribution in [3.8, 4) is 0 Å². The molecule has 2 aromatic rings. The number of aromatic nitrogens is 1. The van der Waals surface area contributed by atoms with E-state index in [1.165, 1.54) is 41.4 Å². The quantitative estimate of drug-likeness (QED) is 0.530. The first-order valence-electron chi connectivity index (χ1n) is 10.7. The van der Waals surface area contributed by atoms with Gasteiger partial charge < -0.3 is 20.4 Å². The number of hydrogen-bond donors (Lipinski definition) is 3. The molecule has 1 aromatic carbocycles. The molecular formula is C22H33N5O. The lowest BCUT2D eigenvalue weighted by molar-refractivity contribution is -0.0432. The number of guanidine groups is 1. The molecule has 0 radical (unpaired) electrons. The van der Waals surface area contributed by atoms with E-state index in [0.29, 0.717) is 12.6 Å². The molecule has 0 amide bonds. The smallest absolute Gasteiger partial charge is 0.191 e. The van der Waals surface area contributed by atoms with Crippen LogP contribution in [0.5, 0.6) is 0 Å². The van der Waals surface area contributed by atoms with Crippen molar-refractivity contribution in [1.82, 2.24) is 20.5 Å². The Labute approximate surface area is 167 Å². The lowest BCUT2D eigenvalue weighted by Crippen LogP contribution is -2.47. The highest BCUT2D eigenvalue weighted by molar-refractivity contribution is 5.84. The van der Waals surface area contributed by atoms with Gasteiger partial charge in [0.15, 0.2) is 5.96 Å². The van der Waals surface area contributed by atoms with Gasteiger partial charge in [0.05, 0.1) is 19.3 Å². The maximum absolute atomic E-state index is 6.03. The first-order valence-corrected chi connectivity index (χ1v) is 10.7. The van der Waals surface area contributed by atoms with E-state index in [4.69, 9.17) is 9.73 Å². The van der Waals surface area contributed by atoms with Gasteiger partial charge in [-0.3, -0.25) is 9.89 Å². The minimum absolute atomic E-state index is 0.210. The van der Waals surface area contributed by atoms with Gasteiger partial charge >= 0.3 is 0 Å². The number of aromatic amines is 1. The fourth-order valence-corrected chi connectivity index (χ4v) is 4.35. The van der Waals surface area contributed by atoms with Crippen LogP contribution >= 0.6 is 0 Å². The number of benzene rings is 1. The van der Waals surface area contributed by atoms with Gasteiger partial charge in [-0.25, -0.2) is 0 Å². The number of aryl methyl sites for hydroxylation is 1. The Morgan fingerprint density at radius 2 is 2.29 bits per heavy atom. The number of rotatable bonds is 6. The summed E-state index contributed by atoms with van der Waals surface area (Å²) in [6.07, 6.45) is 5.89. The van der Waals surface area contributed by atoms with Crippen LogP contribution in [0.3, 0.4) is 0 Å².